The number of pyridine rings is 1. The van der Waals surface area contributed by atoms with E-state index in [-0.39, 0.29) is 17.1 Å². The minimum atomic E-state index is -1.07. The summed E-state index contributed by atoms with van der Waals surface area (Å²) in [6.07, 6.45) is 0. The van der Waals surface area contributed by atoms with Crippen LogP contribution in [0.1, 0.15) is 10.4 Å². The number of ether oxygens (including phenoxy) is 1. The van der Waals surface area contributed by atoms with E-state index in [1.165, 1.54) is 31.4 Å². The van der Waals surface area contributed by atoms with Crippen LogP contribution in [0, 0.1) is 5.82 Å². The van der Waals surface area contributed by atoms with Gasteiger partial charge in [0.05, 0.1) is 12.8 Å². The summed E-state index contributed by atoms with van der Waals surface area (Å²) in [7, 11) is 2.96. The lowest BCUT2D eigenvalue weighted by atomic mass is 10.1. The lowest BCUT2D eigenvalue weighted by molar-refractivity contribution is 0.0697. The van der Waals surface area contributed by atoms with Crippen LogP contribution in [0.2, 0.25) is 0 Å². The van der Waals surface area contributed by atoms with Crippen LogP contribution < -0.4 is 10.1 Å². The number of carbonyl (C=O) groups is 1. The highest BCUT2D eigenvalue weighted by Crippen LogP contribution is 2.26. The Hall–Kier alpha value is -2.63. The van der Waals surface area contributed by atoms with Crippen molar-refractivity contribution in [2.75, 3.05) is 19.5 Å². The first kappa shape index (κ1) is 13.8. The van der Waals surface area contributed by atoms with E-state index >= 15 is 0 Å². The highest BCUT2D eigenvalue weighted by Gasteiger charge is 2.13. The van der Waals surface area contributed by atoms with Crippen LogP contribution in [-0.4, -0.2) is 30.2 Å². The standard InChI is InChI=1S/C14H13FN2O3/c1-16-13-9(14(18)19)4-5-11(17-13)8-3-6-12(20-2)10(15)7-8/h3-7H,1-2H3,(H,16,17)(H,18,19). The van der Waals surface area contributed by atoms with Crippen molar-refractivity contribution < 1.29 is 19.0 Å². The van der Waals surface area contributed by atoms with E-state index in [0.717, 1.165) is 0 Å². The van der Waals surface area contributed by atoms with Gasteiger partial charge >= 0.3 is 5.97 Å². The fourth-order valence-corrected chi connectivity index (χ4v) is 1.81. The van der Waals surface area contributed by atoms with E-state index in [1.807, 2.05) is 0 Å². The highest BCUT2D eigenvalue weighted by atomic mass is 19.1. The van der Waals surface area contributed by atoms with Crippen molar-refractivity contribution in [1.82, 2.24) is 4.98 Å². The molecule has 0 aliphatic heterocycles. The molecule has 0 radical (unpaired) electrons. The molecule has 5 nitrogen and oxygen atoms in total. The van der Waals surface area contributed by atoms with Gasteiger partial charge in [0, 0.05) is 12.6 Å². The summed E-state index contributed by atoms with van der Waals surface area (Å²) in [6.45, 7) is 0. The number of aromatic nitrogens is 1. The number of hydrogen-bond acceptors (Lipinski definition) is 4. The monoisotopic (exact) mass is 276 g/mol. The first-order chi connectivity index (χ1) is 9.56. The number of carboxylic acids is 1. The van der Waals surface area contributed by atoms with Crippen LogP contribution in [0.15, 0.2) is 30.3 Å². The fraction of sp³-hybridized carbons (Fsp3) is 0.143. The molecule has 1 aromatic heterocycles. The Balaban J connectivity index is 2.48. The molecule has 0 atom stereocenters. The average molecular weight is 276 g/mol. The largest absolute Gasteiger partial charge is 0.494 e. The summed E-state index contributed by atoms with van der Waals surface area (Å²) in [4.78, 5) is 15.2. The summed E-state index contributed by atoms with van der Waals surface area (Å²) in [5, 5.41) is 11.7. The van der Waals surface area contributed by atoms with Crippen molar-refractivity contribution in [3.05, 3.63) is 41.7 Å². The number of methoxy groups -OCH3 is 1. The molecule has 104 valence electrons. The van der Waals surface area contributed by atoms with Gasteiger partial charge in [-0.25, -0.2) is 14.2 Å². The molecule has 0 bridgehead atoms. The van der Waals surface area contributed by atoms with E-state index < -0.39 is 11.8 Å². The second-order valence-electron chi connectivity index (χ2n) is 4.00. The van der Waals surface area contributed by atoms with Gasteiger partial charge in [0.2, 0.25) is 0 Å². The SMILES string of the molecule is CNc1nc(-c2ccc(OC)c(F)c2)ccc1C(=O)O. The van der Waals surface area contributed by atoms with Crippen molar-refractivity contribution in [3.63, 3.8) is 0 Å². The molecule has 0 fully saturated rings. The molecule has 0 saturated carbocycles. The molecule has 0 unspecified atom stereocenters. The van der Waals surface area contributed by atoms with E-state index in [0.29, 0.717) is 11.3 Å². The summed E-state index contributed by atoms with van der Waals surface area (Å²) in [5.74, 6) is -1.20. The highest BCUT2D eigenvalue weighted by molar-refractivity contribution is 5.93. The first-order valence-corrected chi connectivity index (χ1v) is 5.83. The molecule has 0 aliphatic rings. The molecule has 0 spiro atoms. The summed E-state index contributed by atoms with van der Waals surface area (Å²) in [5.41, 5.74) is 1.07. The van der Waals surface area contributed by atoms with Gasteiger partial charge in [-0.2, -0.15) is 0 Å². The maximum absolute atomic E-state index is 13.7. The van der Waals surface area contributed by atoms with Gasteiger partial charge in [0.1, 0.15) is 11.4 Å². The zero-order valence-electron chi connectivity index (χ0n) is 11.0. The van der Waals surface area contributed by atoms with Crippen molar-refractivity contribution in [2.45, 2.75) is 0 Å². The van der Waals surface area contributed by atoms with Crippen LogP contribution in [0.5, 0.6) is 5.75 Å². The van der Waals surface area contributed by atoms with Crippen molar-refractivity contribution in [2.24, 2.45) is 0 Å². The molecule has 0 aliphatic carbocycles. The maximum Gasteiger partial charge on any atom is 0.339 e. The number of nitrogens with one attached hydrogen (secondary N) is 1. The smallest absolute Gasteiger partial charge is 0.339 e. The number of hydrogen-bond donors (Lipinski definition) is 2. The number of carboxylic acid groups (broad SMARTS) is 1. The third-order valence-corrected chi connectivity index (χ3v) is 2.81. The topological polar surface area (TPSA) is 71.5 Å². The van der Waals surface area contributed by atoms with Gasteiger partial charge in [0.25, 0.3) is 0 Å². The van der Waals surface area contributed by atoms with Gasteiger partial charge in [-0.05, 0) is 30.3 Å². The molecule has 2 rings (SSSR count). The zero-order valence-corrected chi connectivity index (χ0v) is 11.0. The molecule has 20 heavy (non-hydrogen) atoms. The number of nitrogens with zero attached hydrogens (tertiary/aromatic N) is 1. The number of benzene rings is 1. The minimum absolute atomic E-state index is 0.0604. The Labute approximate surface area is 115 Å². The average Bonchev–Trinajstić information content (AvgIpc) is 2.46. The summed E-state index contributed by atoms with van der Waals surface area (Å²) in [6, 6.07) is 7.41. The fourth-order valence-electron chi connectivity index (χ4n) is 1.81. The molecule has 1 aromatic carbocycles. The molecular weight excluding hydrogens is 263 g/mol. The molecular formula is C14H13FN2O3. The van der Waals surface area contributed by atoms with E-state index in [9.17, 15) is 9.18 Å². The third kappa shape index (κ3) is 2.54. The Morgan fingerprint density at radius 3 is 2.65 bits per heavy atom. The summed E-state index contributed by atoms with van der Waals surface area (Å²) < 4.78 is 18.5. The van der Waals surface area contributed by atoms with Gasteiger partial charge in [-0.1, -0.05) is 0 Å². The predicted molar refractivity (Wildman–Crippen MR) is 72.7 cm³/mol. The minimum Gasteiger partial charge on any atom is -0.494 e. The van der Waals surface area contributed by atoms with Crippen LogP contribution in [0.4, 0.5) is 10.2 Å². The van der Waals surface area contributed by atoms with Crippen molar-refractivity contribution in [3.8, 4) is 17.0 Å². The number of aromatic carboxylic acids is 1. The Kier molecular flexibility index (Phi) is 3.84. The van der Waals surface area contributed by atoms with Crippen molar-refractivity contribution in [1.29, 1.82) is 0 Å². The molecule has 1 heterocycles. The Morgan fingerprint density at radius 2 is 2.10 bits per heavy atom. The van der Waals surface area contributed by atoms with Crippen LogP contribution in [0.3, 0.4) is 0 Å². The van der Waals surface area contributed by atoms with Gasteiger partial charge in [0.15, 0.2) is 11.6 Å². The second kappa shape index (κ2) is 5.56. The summed E-state index contributed by atoms with van der Waals surface area (Å²) >= 11 is 0. The van der Waals surface area contributed by atoms with Gasteiger partial charge in [-0.3, -0.25) is 0 Å². The Morgan fingerprint density at radius 1 is 1.35 bits per heavy atom. The van der Waals surface area contributed by atoms with Crippen LogP contribution >= 0.6 is 0 Å². The van der Waals surface area contributed by atoms with Crippen molar-refractivity contribution >= 4 is 11.8 Å². The first-order valence-electron chi connectivity index (χ1n) is 5.83. The molecule has 2 N–H and O–H groups in total. The number of rotatable bonds is 4. The maximum atomic E-state index is 13.7. The third-order valence-electron chi connectivity index (χ3n) is 2.81. The van der Waals surface area contributed by atoms with Gasteiger partial charge < -0.3 is 15.2 Å². The Bertz CT molecular complexity index is 659. The lowest BCUT2D eigenvalue weighted by Crippen LogP contribution is -2.05. The zero-order chi connectivity index (χ0) is 14.7. The van der Waals surface area contributed by atoms with Crippen LogP contribution in [-0.2, 0) is 0 Å². The van der Waals surface area contributed by atoms with E-state index in [4.69, 9.17) is 9.84 Å². The van der Waals surface area contributed by atoms with Crippen LogP contribution in [0.25, 0.3) is 11.3 Å². The molecule has 0 saturated heterocycles. The quantitative estimate of drug-likeness (QED) is 0.898. The number of anilines is 1. The lowest BCUT2D eigenvalue weighted by Gasteiger charge is -2.09. The molecule has 6 heteroatoms. The predicted octanol–water partition coefficient (Wildman–Crippen LogP) is 2.64. The van der Waals surface area contributed by atoms with E-state index in [2.05, 4.69) is 10.3 Å². The molecule has 2 aromatic rings. The molecule has 0 amide bonds. The number of halogens is 1. The van der Waals surface area contributed by atoms with Gasteiger partial charge in [-0.15, -0.1) is 0 Å². The second-order valence-corrected chi connectivity index (χ2v) is 4.00. The normalized spacial score (nSPS) is 10.2. The van der Waals surface area contributed by atoms with E-state index in [1.54, 1.807) is 13.1 Å².